The number of nitrogens with one attached hydrogen (secondary N) is 1. The summed E-state index contributed by atoms with van der Waals surface area (Å²) in [4.78, 5) is 7.33. The molecule has 0 bridgehead atoms. The van der Waals surface area contributed by atoms with Gasteiger partial charge in [-0.1, -0.05) is 25.6 Å². The lowest BCUT2D eigenvalue weighted by Crippen LogP contribution is -1.96. The largest absolute Gasteiger partial charge is 0.345 e. The number of rotatable bonds is 4. The van der Waals surface area contributed by atoms with Crippen molar-refractivity contribution < 1.29 is 0 Å². The zero-order valence-corrected chi connectivity index (χ0v) is 10.9. The van der Waals surface area contributed by atoms with Crippen LogP contribution in [0.2, 0.25) is 0 Å². The van der Waals surface area contributed by atoms with E-state index in [4.69, 9.17) is 12.2 Å². The van der Waals surface area contributed by atoms with Gasteiger partial charge in [-0.2, -0.15) is 5.10 Å². The molecule has 0 radical (unpaired) electrons. The van der Waals surface area contributed by atoms with Gasteiger partial charge in [0.25, 0.3) is 0 Å². The highest BCUT2D eigenvalue weighted by Crippen LogP contribution is 2.21. The van der Waals surface area contributed by atoms with Gasteiger partial charge in [0.2, 0.25) is 0 Å². The van der Waals surface area contributed by atoms with E-state index < -0.39 is 0 Å². The van der Waals surface area contributed by atoms with Crippen molar-refractivity contribution >= 4 is 12.2 Å². The van der Waals surface area contributed by atoms with Crippen LogP contribution >= 0.6 is 12.2 Å². The molecule has 0 amide bonds. The zero-order chi connectivity index (χ0) is 12.3. The van der Waals surface area contributed by atoms with Crippen LogP contribution in [0.4, 0.5) is 0 Å². The minimum atomic E-state index is 0.685. The average molecular weight is 248 g/mol. The van der Waals surface area contributed by atoms with Crippen molar-refractivity contribution in [1.29, 1.82) is 0 Å². The third kappa shape index (κ3) is 2.44. The molecule has 2 rings (SSSR count). The second kappa shape index (κ2) is 5.23. The van der Waals surface area contributed by atoms with Crippen LogP contribution in [0.25, 0.3) is 11.3 Å². The molecule has 2 aromatic rings. The lowest BCUT2D eigenvalue weighted by molar-refractivity contribution is 0.660. The smallest absolute Gasteiger partial charge is 0.133 e. The molecule has 0 saturated carbocycles. The maximum atomic E-state index is 5.28. The molecule has 0 aliphatic heterocycles. The van der Waals surface area contributed by atoms with Crippen LogP contribution in [0.15, 0.2) is 18.7 Å². The Labute approximate surface area is 106 Å². The summed E-state index contributed by atoms with van der Waals surface area (Å²) in [7, 11) is 0. The molecular formula is C12H16N4S. The van der Waals surface area contributed by atoms with Gasteiger partial charge < -0.3 is 4.98 Å². The highest BCUT2D eigenvalue weighted by atomic mass is 32.1. The summed E-state index contributed by atoms with van der Waals surface area (Å²) in [5.41, 5.74) is 3.23. The summed E-state index contributed by atoms with van der Waals surface area (Å²) >= 11 is 5.28. The van der Waals surface area contributed by atoms with Crippen molar-refractivity contribution in [3.63, 3.8) is 0 Å². The van der Waals surface area contributed by atoms with E-state index in [-0.39, 0.29) is 0 Å². The van der Waals surface area contributed by atoms with Crippen LogP contribution in [0.5, 0.6) is 0 Å². The van der Waals surface area contributed by atoms with Crippen molar-refractivity contribution in [3.8, 4) is 11.3 Å². The molecule has 0 fully saturated rings. The van der Waals surface area contributed by atoms with Crippen molar-refractivity contribution in [2.75, 3.05) is 0 Å². The standard InChI is InChI=1S/C12H16N4S/c1-3-5-10-11(13-8-14-12(10)17)9-6-15-16(4-2)7-9/h6-8H,3-5H2,1-2H3,(H,13,14,17). The molecule has 17 heavy (non-hydrogen) atoms. The van der Waals surface area contributed by atoms with Gasteiger partial charge in [-0.25, -0.2) is 4.98 Å². The normalized spacial score (nSPS) is 10.7. The fraction of sp³-hybridized carbons (Fsp3) is 0.417. The number of hydrogen-bond acceptors (Lipinski definition) is 3. The van der Waals surface area contributed by atoms with E-state index in [1.807, 2.05) is 17.1 Å². The van der Waals surface area contributed by atoms with Gasteiger partial charge in [-0.15, -0.1) is 0 Å². The maximum Gasteiger partial charge on any atom is 0.133 e. The van der Waals surface area contributed by atoms with Gasteiger partial charge in [0.15, 0.2) is 0 Å². The Morgan fingerprint density at radius 3 is 2.88 bits per heavy atom. The first-order valence-corrected chi connectivity index (χ1v) is 6.26. The molecule has 2 heterocycles. The van der Waals surface area contributed by atoms with E-state index in [0.29, 0.717) is 4.64 Å². The first kappa shape index (κ1) is 12.0. The van der Waals surface area contributed by atoms with E-state index >= 15 is 0 Å². The van der Waals surface area contributed by atoms with Gasteiger partial charge in [-0.3, -0.25) is 4.68 Å². The minimum Gasteiger partial charge on any atom is -0.345 e. The lowest BCUT2D eigenvalue weighted by Gasteiger charge is -2.05. The zero-order valence-electron chi connectivity index (χ0n) is 10.1. The number of aryl methyl sites for hydroxylation is 1. The van der Waals surface area contributed by atoms with Gasteiger partial charge in [0, 0.05) is 23.9 Å². The molecule has 90 valence electrons. The van der Waals surface area contributed by atoms with Crippen LogP contribution in [0.3, 0.4) is 0 Å². The van der Waals surface area contributed by atoms with Crippen LogP contribution in [-0.4, -0.2) is 19.7 Å². The fourth-order valence-corrected chi connectivity index (χ4v) is 2.09. The topological polar surface area (TPSA) is 46.5 Å². The Balaban J connectivity index is 2.50. The summed E-state index contributed by atoms with van der Waals surface area (Å²) in [6.07, 6.45) is 7.54. The second-order valence-electron chi connectivity index (χ2n) is 3.90. The molecule has 4 nitrogen and oxygen atoms in total. The van der Waals surface area contributed by atoms with E-state index in [9.17, 15) is 0 Å². The van der Waals surface area contributed by atoms with E-state index in [1.54, 1.807) is 6.33 Å². The Kier molecular flexibility index (Phi) is 3.68. The van der Waals surface area contributed by atoms with Crippen molar-refractivity contribution in [1.82, 2.24) is 19.7 Å². The van der Waals surface area contributed by atoms with Crippen LogP contribution < -0.4 is 0 Å². The fourth-order valence-electron chi connectivity index (χ4n) is 1.83. The molecule has 0 aromatic carbocycles. The van der Waals surface area contributed by atoms with Crippen molar-refractivity contribution in [2.24, 2.45) is 0 Å². The van der Waals surface area contributed by atoms with Gasteiger partial charge >= 0.3 is 0 Å². The lowest BCUT2D eigenvalue weighted by atomic mass is 10.1. The number of nitrogens with zero attached hydrogens (tertiary/aromatic N) is 3. The van der Waals surface area contributed by atoms with Crippen LogP contribution in [0.1, 0.15) is 25.8 Å². The van der Waals surface area contributed by atoms with Crippen LogP contribution in [0, 0.1) is 4.64 Å². The molecule has 1 N–H and O–H groups in total. The Morgan fingerprint density at radius 2 is 2.24 bits per heavy atom. The van der Waals surface area contributed by atoms with Gasteiger partial charge in [-0.05, 0) is 13.3 Å². The predicted molar refractivity (Wildman–Crippen MR) is 70.3 cm³/mol. The van der Waals surface area contributed by atoms with Crippen molar-refractivity contribution in [3.05, 3.63) is 28.9 Å². The molecule has 2 aromatic heterocycles. The number of hydrogen-bond donors (Lipinski definition) is 1. The highest BCUT2D eigenvalue weighted by Gasteiger charge is 2.09. The molecule has 0 spiro atoms. The molecular weight excluding hydrogens is 232 g/mol. The summed E-state index contributed by atoms with van der Waals surface area (Å²) < 4.78 is 2.59. The summed E-state index contributed by atoms with van der Waals surface area (Å²) in [5, 5.41) is 4.28. The van der Waals surface area contributed by atoms with Gasteiger partial charge in [0.05, 0.1) is 18.2 Å². The third-order valence-electron chi connectivity index (χ3n) is 2.70. The van der Waals surface area contributed by atoms with E-state index in [1.165, 1.54) is 0 Å². The number of H-pyrrole nitrogens is 1. The highest BCUT2D eigenvalue weighted by molar-refractivity contribution is 7.71. The van der Waals surface area contributed by atoms with Crippen LogP contribution in [-0.2, 0) is 13.0 Å². The molecule has 0 aliphatic rings. The Bertz CT molecular complexity index is 556. The Morgan fingerprint density at radius 1 is 1.41 bits per heavy atom. The first-order chi connectivity index (χ1) is 8.26. The third-order valence-corrected chi connectivity index (χ3v) is 3.05. The number of aromatic amines is 1. The monoisotopic (exact) mass is 248 g/mol. The first-order valence-electron chi connectivity index (χ1n) is 5.85. The summed E-state index contributed by atoms with van der Waals surface area (Å²) in [6.45, 7) is 5.08. The van der Waals surface area contributed by atoms with Crippen molar-refractivity contribution in [2.45, 2.75) is 33.2 Å². The number of aromatic nitrogens is 4. The Hall–Kier alpha value is -1.49. The molecule has 5 heteroatoms. The van der Waals surface area contributed by atoms with E-state index in [2.05, 4.69) is 28.9 Å². The molecule has 0 unspecified atom stereocenters. The predicted octanol–water partition coefficient (Wildman–Crippen LogP) is 2.98. The van der Waals surface area contributed by atoms with E-state index in [0.717, 1.165) is 36.2 Å². The molecule has 0 aliphatic carbocycles. The average Bonchev–Trinajstić information content (AvgIpc) is 2.80. The maximum absolute atomic E-state index is 5.28. The quantitative estimate of drug-likeness (QED) is 0.846. The molecule has 0 saturated heterocycles. The van der Waals surface area contributed by atoms with Gasteiger partial charge in [0.1, 0.15) is 4.64 Å². The second-order valence-corrected chi connectivity index (χ2v) is 4.28. The molecule has 0 atom stereocenters. The summed E-state index contributed by atoms with van der Waals surface area (Å²) in [6, 6.07) is 0. The minimum absolute atomic E-state index is 0.685. The summed E-state index contributed by atoms with van der Waals surface area (Å²) in [5.74, 6) is 0. The SMILES string of the molecule is CCCc1c(-c2cnn(CC)c2)[nH]cnc1=S.